The molecule has 0 heterocycles. The van der Waals surface area contributed by atoms with E-state index >= 15 is 0 Å². The molecule has 0 aliphatic carbocycles. The van der Waals surface area contributed by atoms with Crippen LogP contribution < -0.4 is 0 Å². The maximum Gasteiger partial charge on any atom is 0.303 e. The molecule has 0 saturated heterocycles. The van der Waals surface area contributed by atoms with Crippen molar-refractivity contribution in [3.05, 3.63) is 29.3 Å². The van der Waals surface area contributed by atoms with Crippen molar-refractivity contribution in [3.63, 3.8) is 0 Å². The number of benzene rings is 1. The number of carboxylic acids is 1. The van der Waals surface area contributed by atoms with Crippen LogP contribution in [0.3, 0.4) is 0 Å². The molecule has 0 amide bonds. The van der Waals surface area contributed by atoms with Gasteiger partial charge < -0.3 is 5.11 Å². The fourth-order valence-electron chi connectivity index (χ4n) is 1.48. The van der Waals surface area contributed by atoms with Crippen LogP contribution in [-0.4, -0.2) is 25.7 Å². The standard InChI is InChI=1S/C11H12F2O4S/c1-18(16,17)8-6-5-7(10(12)11(8)13)3-2-4-9(14)15/h5-6H,2-4H2,1H3,(H,14,15). The van der Waals surface area contributed by atoms with Gasteiger partial charge in [0.25, 0.3) is 0 Å². The lowest BCUT2D eigenvalue weighted by Gasteiger charge is -2.06. The van der Waals surface area contributed by atoms with Crippen molar-refractivity contribution in [3.8, 4) is 0 Å². The first-order valence-corrected chi connectivity index (χ1v) is 7.01. The Morgan fingerprint density at radius 3 is 2.39 bits per heavy atom. The van der Waals surface area contributed by atoms with Gasteiger partial charge in [-0.05, 0) is 24.5 Å². The third kappa shape index (κ3) is 3.49. The number of hydrogen-bond donors (Lipinski definition) is 1. The van der Waals surface area contributed by atoms with Crippen LogP contribution in [-0.2, 0) is 21.1 Å². The van der Waals surface area contributed by atoms with Crippen molar-refractivity contribution in [2.24, 2.45) is 0 Å². The van der Waals surface area contributed by atoms with Gasteiger partial charge in [0, 0.05) is 12.7 Å². The van der Waals surface area contributed by atoms with Crippen LogP contribution in [0.4, 0.5) is 8.78 Å². The molecule has 0 aromatic heterocycles. The van der Waals surface area contributed by atoms with E-state index in [1.54, 1.807) is 0 Å². The third-order valence-electron chi connectivity index (χ3n) is 2.36. The molecule has 0 spiro atoms. The van der Waals surface area contributed by atoms with Gasteiger partial charge in [0.15, 0.2) is 21.5 Å². The Labute approximate surface area is 103 Å². The zero-order valence-electron chi connectivity index (χ0n) is 9.61. The highest BCUT2D eigenvalue weighted by molar-refractivity contribution is 7.90. The molecule has 1 rings (SSSR count). The van der Waals surface area contributed by atoms with E-state index in [1.165, 1.54) is 0 Å². The number of rotatable bonds is 5. The van der Waals surface area contributed by atoms with E-state index in [2.05, 4.69) is 0 Å². The summed E-state index contributed by atoms with van der Waals surface area (Å²) in [5.74, 6) is -3.67. The van der Waals surface area contributed by atoms with E-state index in [0.717, 1.165) is 18.4 Å². The number of halogens is 2. The average molecular weight is 278 g/mol. The lowest BCUT2D eigenvalue weighted by atomic mass is 10.1. The quantitative estimate of drug-likeness (QED) is 0.891. The summed E-state index contributed by atoms with van der Waals surface area (Å²) in [5, 5.41) is 8.42. The number of aryl methyl sites for hydroxylation is 1. The SMILES string of the molecule is CS(=O)(=O)c1ccc(CCCC(=O)O)c(F)c1F. The maximum absolute atomic E-state index is 13.5. The first kappa shape index (κ1) is 14.6. The van der Waals surface area contributed by atoms with Gasteiger partial charge in [-0.25, -0.2) is 17.2 Å². The van der Waals surface area contributed by atoms with Crippen molar-refractivity contribution in [1.82, 2.24) is 0 Å². The molecule has 0 bridgehead atoms. The summed E-state index contributed by atoms with van der Waals surface area (Å²) in [6.45, 7) is 0. The van der Waals surface area contributed by atoms with E-state index in [1.807, 2.05) is 0 Å². The molecule has 0 aliphatic heterocycles. The van der Waals surface area contributed by atoms with Gasteiger partial charge in [-0.1, -0.05) is 6.07 Å². The summed E-state index contributed by atoms with van der Waals surface area (Å²) in [4.78, 5) is 9.59. The Bertz CT molecular complexity index is 567. The predicted molar refractivity (Wildman–Crippen MR) is 60.0 cm³/mol. The molecular formula is C11H12F2O4S. The largest absolute Gasteiger partial charge is 0.481 e. The van der Waals surface area contributed by atoms with Crippen LogP contribution in [0.25, 0.3) is 0 Å². The summed E-state index contributed by atoms with van der Waals surface area (Å²) >= 11 is 0. The molecular weight excluding hydrogens is 266 g/mol. The molecule has 100 valence electrons. The molecule has 4 nitrogen and oxygen atoms in total. The molecule has 0 saturated carbocycles. The summed E-state index contributed by atoms with van der Waals surface area (Å²) in [7, 11) is -3.82. The van der Waals surface area contributed by atoms with Gasteiger partial charge in [-0.3, -0.25) is 4.79 Å². The number of carbonyl (C=O) groups is 1. The lowest BCUT2D eigenvalue weighted by molar-refractivity contribution is -0.137. The van der Waals surface area contributed by atoms with Crippen molar-refractivity contribution in [2.75, 3.05) is 6.26 Å². The van der Waals surface area contributed by atoms with E-state index in [9.17, 15) is 22.0 Å². The Hall–Kier alpha value is -1.50. The topological polar surface area (TPSA) is 71.4 Å². The van der Waals surface area contributed by atoms with Crippen LogP contribution in [0.5, 0.6) is 0 Å². The zero-order valence-corrected chi connectivity index (χ0v) is 10.4. The second kappa shape index (κ2) is 5.43. The van der Waals surface area contributed by atoms with Gasteiger partial charge in [0.05, 0.1) is 0 Å². The van der Waals surface area contributed by atoms with Crippen LogP contribution >= 0.6 is 0 Å². The molecule has 0 fully saturated rings. The number of aliphatic carboxylic acids is 1. The van der Waals surface area contributed by atoms with Gasteiger partial charge in [-0.2, -0.15) is 0 Å². The van der Waals surface area contributed by atoms with Crippen LogP contribution in [0.15, 0.2) is 17.0 Å². The minimum absolute atomic E-state index is 0.0267. The van der Waals surface area contributed by atoms with Crippen molar-refractivity contribution >= 4 is 15.8 Å². The van der Waals surface area contributed by atoms with Gasteiger partial charge >= 0.3 is 5.97 Å². The minimum Gasteiger partial charge on any atom is -0.481 e. The highest BCUT2D eigenvalue weighted by Gasteiger charge is 2.19. The lowest BCUT2D eigenvalue weighted by Crippen LogP contribution is -2.06. The zero-order chi connectivity index (χ0) is 13.9. The highest BCUT2D eigenvalue weighted by Crippen LogP contribution is 2.21. The normalized spacial score (nSPS) is 11.5. The summed E-state index contributed by atoms with van der Waals surface area (Å²) in [6, 6.07) is 2.15. The summed E-state index contributed by atoms with van der Waals surface area (Å²) < 4.78 is 49.3. The first-order chi connectivity index (χ1) is 8.23. The van der Waals surface area contributed by atoms with Crippen molar-refractivity contribution in [2.45, 2.75) is 24.2 Å². The van der Waals surface area contributed by atoms with E-state index < -0.39 is 32.3 Å². The van der Waals surface area contributed by atoms with Gasteiger partial charge in [0.2, 0.25) is 0 Å². The first-order valence-electron chi connectivity index (χ1n) is 5.12. The molecule has 1 N–H and O–H groups in total. The fraction of sp³-hybridized carbons (Fsp3) is 0.364. The number of sulfone groups is 1. The summed E-state index contributed by atoms with van der Waals surface area (Å²) in [5.41, 5.74) is -0.0267. The maximum atomic E-state index is 13.5. The van der Waals surface area contributed by atoms with Crippen LogP contribution in [0.1, 0.15) is 18.4 Å². The molecule has 1 aromatic carbocycles. The Balaban J connectivity index is 2.98. The van der Waals surface area contributed by atoms with Gasteiger partial charge in [-0.15, -0.1) is 0 Å². The predicted octanol–water partition coefficient (Wildman–Crippen LogP) is 1.78. The molecule has 18 heavy (non-hydrogen) atoms. The molecule has 0 radical (unpaired) electrons. The summed E-state index contributed by atoms with van der Waals surface area (Å²) in [6.07, 6.45) is 0.826. The van der Waals surface area contributed by atoms with Crippen LogP contribution in [0, 0.1) is 11.6 Å². The second-order valence-corrected chi connectivity index (χ2v) is 5.85. The van der Waals surface area contributed by atoms with E-state index in [4.69, 9.17) is 5.11 Å². The van der Waals surface area contributed by atoms with Crippen LogP contribution in [0.2, 0.25) is 0 Å². The monoisotopic (exact) mass is 278 g/mol. The molecule has 0 atom stereocenters. The van der Waals surface area contributed by atoms with Crippen molar-refractivity contribution < 1.29 is 27.1 Å². The smallest absolute Gasteiger partial charge is 0.303 e. The Kier molecular flexibility index (Phi) is 4.39. The molecule has 1 aromatic rings. The molecule has 0 unspecified atom stereocenters. The van der Waals surface area contributed by atoms with E-state index in [0.29, 0.717) is 0 Å². The van der Waals surface area contributed by atoms with E-state index in [-0.39, 0.29) is 24.8 Å². The molecule has 0 aliphatic rings. The number of carboxylic acid groups (broad SMARTS) is 1. The highest BCUT2D eigenvalue weighted by atomic mass is 32.2. The van der Waals surface area contributed by atoms with Gasteiger partial charge in [0.1, 0.15) is 4.90 Å². The van der Waals surface area contributed by atoms with Crippen molar-refractivity contribution in [1.29, 1.82) is 0 Å². The minimum atomic E-state index is -3.82. The average Bonchev–Trinajstić information content (AvgIpc) is 2.22. The Morgan fingerprint density at radius 2 is 1.89 bits per heavy atom. The Morgan fingerprint density at radius 1 is 1.28 bits per heavy atom. The third-order valence-corrected chi connectivity index (χ3v) is 3.48. The fourth-order valence-corrected chi connectivity index (χ4v) is 2.21. The second-order valence-electron chi connectivity index (χ2n) is 3.87. The number of hydrogen-bond acceptors (Lipinski definition) is 3. The molecule has 7 heteroatoms.